The highest BCUT2D eigenvalue weighted by Gasteiger charge is 2.28. The van der Waals surface area contributed by atoms with Gasteiger partial charge in [-0.15, -0.1) is 0 Å². The minimum absolute atomic E-state index is 0.0836. The summed E-state index contributed by atoms with van der Waals surface area (Å²) in [6, 6.07) is 6.92. The molecule has 2 aliphatic heterocycles. The maximum absolute atomic E-state index is 5.76. The van der Waals surface area contributed by atoms with Gasteiger partial charge in [0.15, 0.2) is 0 Å². The first kappa shape index (κ1) is 19.1. The molecule has 0 bridgehead atoms. The molecule has 2 atom stereocenters. The largest absolute Gasteiger partial charge is 0.496 e. The van der Waals surface area contributed by atoms with Crippen LogP contribution in [0.3, 0.4) is 0 Å². The van der Waals surface area contributed by atoms with Gasteiger partial charge in [0.1, 0.15) is 11.6 Å². The minimum Gasteiger partial charge on any atom is -0.496 e. The number of anilines is 1. The Morgan fingerprint density at radius 3 is 2.68 bits per heavy atom. The molecule has 2 saturated heterocycles. The van der Waals surface area contributed by atoms with E-state index in [0.717, 1.165) is 36.8 Å². The van der Waals surface area contributed by atoms with E-state index in [1.54, 1.807) is 19.5 Å². The standard InChI is InChI=1S/C21H30N6O/c1-14-12-23-21(13-22-14)24-20-11-18(25-26-20)17-5-4-16(10-19(17)28-3)15-6-8-27(2)9-7-15/h4-5,10,12-13,15,18,20,25-26H,6-9,11H2,1-3H3,(H,23,24). The molecule has 2 fully saturated rings. The number of benzene rings is 1. The second-order valence-corrected chi connectivity index (χ2v) is 7.90. The molecule has 0 amide bonds. The molecule has 1 aromatic carbocycles. The monoisotopic (exact) mass is 382 g/mol. The SMILES string of the molecule is COc1cc(C2CCN(C)CC2)ccc1C1CC(Nc2cnc(C)cn2)NN1. The highest BCUT2D eigenvalue weighted by atomic mass is 16.5. The fraction of sp³-hybridized carbons (Fsp3) is 0.524. The zero-order valence-electron chi connectivity index (χ0n) is 16.9. The van der Waals surface area contributed by atoms with Crippen LogP contribution in [0.4, 0.5) is 5.82 Å². The van der Waals surface area contributed by atoms with Crippen LogP contribution in [0, 0.1) is 6.92 Å². The molecule has 3 heterocycles. The van der Waals surface area contributed by atoms with E-state index < -0.39 is 0 Å². The summed E-state index contributed by atoms with van der Waals surface area (Å²) in [5.74, 6) is 2.37. The lowest BCUT2D eigenvalue weighted by Crippen LogP contribution is -2.36. The zero-order valence-corrected chi connectivity index (χ0v) is 16.9. The first-order chi connectivity index (χ1) is 13.6. The number of rotatable bonds is 5. The van der Waals surface area contributed by atoms with Crippen molar-refractivity contribution in [2.24, 2.45) is 0 Å². The molecule has 7 nitrogen and oxygen atoms in total. The summed E-state index contributed by atoms with van der Waals surface area (Å²) in [7, 11) is 3.96. The highest BCUT2D eigenvalue weighted by Crippen LogP contribution is 2.35. The lowest BCUT2D eigenvalue weighted by atomic mass is 9.88. The molecule has 2 aliphatic rings. The Hall–Kier alpha value is -2.22. The second kappa shape index (κ2) is 8.43. The summed E-state index contributed by atoms with van der Waals surface area (Å²) in [5, 5.41) is 3.38. The van der Waals surface area contributed by atoms with Crippen molar-refractivity contribution in [3.05, 3.63) is 47.4 Å². The Bertz CT molecular complexity index is 788. The number of nitrogens with one attached hydrogen (secondary N) is 3. The molecule has 150 valence electrons. The Balaban J connectivity index is 1.43. The number of methoxy groups -OCH3 is 1. The Labute approximate surface area is 166 Å². The molecule has 0 spiro atoms. The van der Waals surface area contributed by atoms with Crippen molar-refractivity contribution >= 4 is 5.82 Å². The van der Waals surface area contributed by atoms with Crippen LogP contribution in [0.5, 0.6) is 5.75 Å². The van der Waals surface area contributed by atoms with E-state index in [-0.39, 0.29) is 12.2 Å². The third kappa shape index (κ3) is 4.27. The fourth-order valence-corrected chi connectivity index (χ4v) is 4.11. The van der Waals surface area contributed by atoms with Crippen LogP contribution in [0.2, 0.25) is 0 Å². The fourth-order valence-electron chi connectivity index (χ4n) is 4.11. The summed E-state index contributed by atoms with van der Waals surface area (Å²) in [5.41, 5.74) is 10.2. The van der Waals surface area contributed by atoms with Crippen molar-refractivity contribution in [1.29, 1.82) is 0 Å². The number of piperidine rings is 1. The van der Waals surface area contributed by atoms with Gasteiger partial charge in [0.2, 0.25) is 0 Å². The van der Waals surface area contributed by atoms with E-state index in [2.05, 4.69) is 56.3 Å². The number of likely N-dealkylation sites (tertiary alicyclic amines) is 1. The number of hydrazine groups is 1. The smallest absolute Gasteiger partial charge is 0.145 e. The van der Waals surface area contributed by atoms with Crippen LogP contribution < -0.4 is 20.9 Å². The maximum Gasteiger partial charge on any atom is 0.145 e. The summed E-state index contributed by atoms with van der Waals surface area (Å²) >= 11 is 0. The first-order valence-electron chi connectivity index (χ1n) is 10.0. The molecule has 0 radical (unpaired) electrons. The van der Waals surface area contributed by atoms with Gasteiger partial charge in [-0.1, -0.05) is 12.1 Å². The van der Waals surface area contributed by atoms with Gasteiger partial charge < -0.3 is 15.0 Å². The molecular weight excluding hydrogens is 352 g/mol. The van der Waals surface area contributed by atoms with Gasteiger partial charge in [-0.2, -0.15) is 0 Å². The van der Waals surface area contributed by atoms with Gasteiger partial charge in [0, 0.05) is 12.0 Å². The van der Waals surface area contributed by atoms with E-state index in [1.165, 1.54) is 24.0 Å². The van der Waals surface area contributed by atoms with Gasteiger partial charge in [0.05, 0.1) is 37.4 Å². The van der Waals surface area contributed by atoms with Crippen LogP contribution in [0.1, 0.15) is 48.0 Å². The number of aromatic nitrogens is 2. The number of hydrogen-bond acceptors (Lipinski definition) is 7. The number of ether oxygens (including phenoxy) is 1. The number of hydrogen-bond donors (Lipinski definition) is 3. The van der Waals surface area contributed by atoms with E-state index in [0.29, 0.717) is 5.92 Å². The maximum atomic E-state index is 5.76. The predicted molar refractivity (Wildman–Crippen MR) is 110 cm³/mol. The van der Waals surface area contributed by atoms with Crippen molar-refractivity contribution < 1.29 is 4.74 Å². The molecule has 0 aliphatic carbocycles. The minimum atomic E-state index is 0.0836. The van der Waals surface area contributed by atoms with Crippen LogP contribution in [0.25, 0.3) is 0 Å². The van der Waals surface area contributed by atoms with Gasteiger partial charge >= 0.3 is 0 Å². The van der Waals surface area contributed by atoms with Gasteiger partial charge in [-0.05, 0) is 57.5 Å². The average molecular weight is 383 g/mol. The van der Waals surface area contributed by atoms with E-state index in [1.807, 2.05) is 6.92 Å². The molecule has 0 saturated carbocycles. The molecule has 2 unspecified atom stereocenters. The lowest BCUT2D eigenvalue weighted by Gasteiger charge is -2.29. The average Bonchev–Trinajstić information content (AvgIpc) is 3.18. The molecule has 7 heteroatoms. The van der Waals surface area contributed by atoms with E-state index in [9.17, 15) is 0 Å². The van der Waals surface area contributed by atoms with Crippen LogP contribution in [-0.4, -0.2) is 48.3 Å². The van der Waals surface area contributed by atoms with Crippen molar-refractivity contribution in [3.63, 3.8) is 0 Å². The van der Waals surface area contributed by atoms with Crippen LogP contribution >= 0.6 is 0 Å². The van der Waals surface area contributed by atoms with Crippen molar-refractivity contribution in [2.75, 3.05) is 32.6 Å². The van der Waals surface area contributed by atoms with Crippen LogP contribution in [-0.2, 0) is 0 Å². The van der Waals surface area contributed by atoms with E-state index in [4.69, 9.17) is 4.74 Å². The van der Waals surface area contributed by atoms with E-state index >= 15 is 0 Å². The molecule has 2 aromatic rings. The Kier molecular flexibility index (Phi) is 5.75. The summed E-state index contributed by atoms with van der Waals surface area (Å²) in [6.45, 7) is 4.26. The van der Waals surface area contributed by atoms with Crippen molar-refractivity contribution in [2.45, 2.75) is 44.3 Å². The van der Waals surface area contributed by atoms with Gasteiger partial charge in [0.25, 0.3) is 0 Å². The van der Waals surface area contributed by atoms with Crippen LogP contribution in [0.15, 0.2) is 30.6 Å². The third-order valence-corrected chi connectivity index (χ3v) is 5.83. The Morgan fingerprint density at radius 2 is 1.96 bits per heavy atom. The Morgan fingerprint density at radius 1 is 1.14 bits per heavy atom. The van der Waals surface area contributed by atoms with Crippen molar-refractivity contribution in [3.8, 4) is 5.75 Å². The number of aryl methyl sites for hydroxylation is 1. The first-order valence-corrected chi connectivity index (χ1v) is 10.0. The zero-order chi connectivity index (χ0) is 19.5. The topological polar surface area (TPSA) is 74.3 Å². The quantitative estimate of drug-likeness (QED) is 0.734. The predicted octanol–water partition coefficient (Wildman–Crippen LogP) is 2.58. The van der Waals surface area contributed by atoms with Crippen molar-refractivity contribution in [1.82, 2.24) is 25.7 Å². The third-order valence-electron chi connectivity index (χ3n) is 5.83. The molecule has 4 rings (SSSR count). The van der Waals surface area contributed by atoms with Gasteiger partial charge in [-0.3, -0.25) is 4.98 Å². The normalized spacial score (nSPS) is 23.7. The molecule has 1 aromatic heterocycles. The molecule has 28 heavy (non-hydrogen) atoms. The highest BCUT2D eigenvalue weighted by molar-refractivity contribution is 5.42. The molecule has 3 N–H and O–H groups in total. The lowest BCUT2D eigenvalue weighted by molar-refractivity contribution is 0.255. The summed E-state index contributed by atoms with van der Waals surface area (Å²) in [4.78, 5) is 11.1. The second-order valence-electron chi connectivity index (χ2n) is 7.90. The number of nitrogens with zero attached hydrogens (tertiary/aromatic N) is 3. The summed E-state index contributed by atoms with van der Waals surface area (Å²) in [6.07, 6.45) is 6.94. The van der Waals surface area contributed by atoms with Gasteiger partial charge in [-0.25, -0.2) is 15.8 Å². The summed E-state index contributed by atoms with van der Waals surface area (Å²) < 4.78 is 5.76. The molecular formula is C21H30N6O.